The molecule has 0 radical (unpaired) electrons. The van der Waals surface area contributed by atoms with Gasteiger partial charge in [0.25, 0.3) is 5.91 Å². The van der Waals surface area contributed by atoms with Crippen molar-refractivity contribution in [3.05, 3.63) is 29.6 Å². The predicted molar refractivity (Wildman–Crippen MR) is 86.2 cm³/mol. The highest BCUT2D eigenvalue weighted by Gasteiger charge is 2.48. The fourth-order valence-corrected chi connectivity index (χ4v) is 3.49. The topological polar surface area (TPSA) is 79.3 Å². The number of carbonyl (C=O) groups is 2. The van der Waals surface area contributed by atoms with Gasteiger partial charge in [0.2, 0.25) is 0 Å². The van der Waals surface area contributed by atoms with E-state index in [1.54, 1.807) is 6.07 Å². The molecule has 2 aliphatic rings. The maximum atomic E-state index is 14.1. The third-order valence-electron chi connectivity index (χ3n) is 4.98. The fraction of sp³-hybridized carbons (Fsp3) is 0.529. The number of piperazine rings is 1. The average molecular weight is 352 g/mol. The molecule has 0 aromatic heterocycles. The van der Waals surface area contributed by atoms with Gasteiger partial charge in [0.05, 0.1) is 13.7 Å². The number of carboxylic acid groups (broad SMARTS) is 1. The number of hydrogen-bond donors (Lipinski definition) is 1. The van der Waals surface area contributed by atoms with Crippen LogP contribution in [0.5, 0.6) is 5.75 Å². The first-order valence-electron chi connectivity index (χ1n) is 8.17. The van der Waals surface area contributed by atoms with Gasteiger partial charge in [0.15, 0.2) is 0 Å². The maximum absolute atomic E-state index is 14.1. The third kappa shape index (κ3) is 3.07. The molecule has 136 valence electrons. The van der Waals surface area contributed by atoms with Crippen LogP contribution in [0, 0.1) is 5.82 Å². The lowest BCUT2D eigenvalue weighted by molar-refractivity contribution is -0.152. The van der Waals surface area contributed by atoms with Crippen molar-refractivity contribution in [1.82, 2.24) is 9.80 Å². The van der Waals surface area contributed by atoms with Crippen LogP contribution >= 0.6 is 0 Å². The Kier molecular flexibility index (Phi) is 4.91. The number of ether oxygens (including phenoxy) is 2. The minimum Gasteiger partial charge on any atom is -0.496 e. The van der Waals surface area contributed by atoms with Gasteiger partial charge >= 0.3 is 5.97 Å². The van der Waals surface area contributed by atoms with Crippen LogP contribution in [0.3, 0.4) is 0 Å². The SMILES string of the molecule is COc1cccc(F)c1C(=O)N1CCN(C2(C(=O)O)CCOC2)CC1. The van der Waals surface area contributed by atoms with Crippen molar-refractivity contribution in [3.8, 4) is 5.75 Å². The zero-order valence-electron chi connectivity index (χ0n) is 14.0. The average Bonchev–Trinajstić information content (AvgIpc) is 3.12. The third-order valence-corrected chi connectivity index (χ3v) is 4.98. The summed E-state index contributed by atoms with van der Waals surface area (Å²) in [5.41, 5.74) is -1.11. The van der Waals surface area contributed by atoms with Gasteiger partial charge in [-0.15, -0.1) is 0 Å². The molecule has 2 fully saturated rings. The molecular weight excluding hydrogens is 331 g/mol. The number of halogens is 1. The minimum absolute atomic E-state index is 0.0874. The van der Waals surface area contributed by atoms with E-state index in [0.29, 0.717) is 39.2 Å². The Morgan fingerprint density at radius 2 is 2.00 bits per heavy atom. The molecule has 0 spiro atoms. The monoisotopic (exact) mass is 352 g/mol. The van der Waals surface area contributed by atoms with Crippen molar-refractivity contribution in [1.29, 1.82) is 0 Å². The second-order valence-corrected chi connectivity index (χ2v) is 6.24. The maximum Gasteiger partial charge on any atom is 0.326 e. The molecule has 2 saturated heterocycles. The van der Waals surface area contributed by atoms with E-state index in [1.165, 1.54) is 24.1 Å². The Hall–Kier alpha value is -2.19. The smallest absolute Gasteiger partial charge is 0.326 e. The summed E-state index contributed by atoms with van der Waals surface area (Å²) in [5, 5.41) is 9.61. The van der Waals surface area contributed by atoms with Crippen LogP contribution in [-0.4, -0.2) is 78.8 Å². The molecule has 2 aliphatic heterocycles. The number of carbonyl (C=O) groups excluding carboxylic acids is 1. The molecule has 0 bridgehead atoms. The minimum atomic E-state index is -1.02. The Morgan fingerprint density at radius 1 is 1.28 bits per heavy atom. The summed E-state index contributed by atoms with van der Waals surface area (Å²) in [6, 6.07) is 4.25. The van der Waals surface area contributed by atoms with E-state index in [1.807, 2.05) is 4.90 Å². The van der Waals surface area contributed by atoms with Crippen molar-refractivity contribution in [2.45, 2.75) is 12.0 Å². The van der Waals surface area contributed by atoms with E-state index < -0.39 is 23.2 Å². The normalized spacial score (nSPS) is 24.3. The van der Waals surface area contributed by atoms with E-state index in [-0.39, 0.29) is 17.9 Å². The van der Waals surface area contributed by atoms with Crippen LogP contribution in [0.1, 0.15) is 16.8 Å². The van der Waals surface area contributed by atoms with Crippen LogP contribution in [0.25, 0.3) is 0 Å². The van der Waals surface area contributed by atoms with E-state index in [4.69, 9.17) is 9.47 Å². The highest BCUT2D eigenvalue weighted by Crippen LogP contribution is 2.29. The van der Waals surface area contributed by atoms with Gasteiger partial charge < -0.3 is 19.5 Å². The van der Waals surface area contributed by atoms with Crippen LogP contribution in [-0.2, 0) is 9.53 Å². The second kappa shape index (κ2) is 6.97. The first-order chi connectivity index (χ1) is 12.0. The molecule has 1 N–H and O–H groups in total. The molecule has 1 amide bonds. The number of nitrogens with zero attached hydrogens (tertiary/aromatic N) is 2. The summed E-state index contributed by atoms with van der Waals surface area (Å²) in [6.45, 7) is 2.02. The first kappa shape index (κ1) is 17.6. The summed E-state index contributed by atoms with van der Waals surface area (Å²) in [4.78, 5) is 27.8. The van der Waals surface area contributed by atoms with Crippen molar-refractivity contribution in [2.24, 2.45) is 0 Å². The second-order valence-electron chi connectivity index (χ2n) is 6.24. The molecule has 7 nitrogen and oxygen atoms in total. The van der Waals surface area contributed by atoms with Crippen LogP contribution in [0.15, 0.2) is 18.2 Å². The summed E-state index contributed by atoms with van der Waals surface area (Å²) in [6.07, 6.45) is 0.428. The number of benzene rings is 1. The number of hydrogen-bond acceptors (Lipinski definition) is 5. The lowest BCUT2D eigenvalue weighted by Gasteiger charge is -2.42. The molecule has 1 atom stereocenters. The summed E-state index contributed by atoms with van der Waals surface area (Å²) in [5.74, 6) is -1.78. The van der Waals surface area contributed by atoms with Crippen LogP contribution in [0.4, 0.5) is 4.39 Å². The molecule has 1 unspecified atom stereocenters. The van der Waals surface area contributed by atoms with Gasteiger partial charge in [-0.3, -0.25) is 14.5 Å². The Balaban J connectivity index is 1.73. The van der Waals surface area contributed by atoms with Crippen molar-refractivity contribution in [2.75, 3.05) is 46.5 Å². The van der Waals surface area contributed by atoms with Gasteiger partial charge in [-0.2, -0.15) is 0 Å². The van der Waals surface area contributed by atoms with Crippen LogP contribution in [0.2, 0.25) is 0 Å². The van der Waals surface area contributed by atoms with Gasteiger partial charge in [0.1, 0.15) is 22.7 Å². The first-order valence-corrected chi connectivity index (χ1v) is 8.17. The van der Waals surface area contributed by atoms with Gasteiger partial charge in [-0.1, -0.05) is 6.07 Å². The van der Waals surface area contributed by atoms with E-state index in [2.05, 4.69) is 0 Å². The number of methoxy groups -OCH3 is 1. The molecule has 25 heavy (non-hydrogen) atoms. The van der Waals surface area contributed by atoms with Gasteiger partial charge in [0, 0.05) is 39.2 Å². The molecule has 0 aliphatic carbocycles. The van der Waals surface area contributed by atoms with E-state index in [0.717, 1.165) is 0 Å². The number of rotatable bonds is 4. The van der Waals surface area contributed by atoms with Gasteiger partial charge in [-0.05, 0) is 12.1 Å². The number of aliphatic carboxylic acids is 1. The number of amides is 1. The van der Waals surface area contributed by atoms with Crippen molar-refractivity contribution >= 4 is 11.9 Å². The zero-order valence-corrected chi connectivity index (χ0v) is 14.0. The summed E-state index contributed by atoms with van der Waals surface area (Å²) in [7, 11) is 1.39. The highest BCUT2D eigenvalue weighted by molar-refractivity contribution is 5.97. The largest absolute Gasteiger partial charge is 0.496 e. The Bertz CT molecular complexity index is 667. The molecule has 2 heterocycles. The Morgan fingerprint density at radius 3 is 2.56 bits per heavy atom. The summed E-state index contributed by atoms with van der Waals surface area (Å²) >= 11 is 0. The quantitative estimate of drug-likeness (QED) is 0.865. The lowest BCUT2D eigenvalue weighted by Crippen LogP contribution is -2.62. The molecule has 1 aromatic rings. The zero-order chi connectivity index (χ0) is 18.0. The highest BCUT2D eigenvalue weighted by atomic mass is 19.1. The fourth-order valence-electron chi connectivity index (χ4n) is 3.49. The van der Waals surface area contributed by atoms with Crippen molar-refractivity contribution in [3.63, 3.8) is 0 Å². The summed E-state index contributed by atoms with van der Waals surface area (Å²) < 4.78 is 24.5. The predicted octanol–water partition coefficient (Wildman–Crippen LogP) is 0.836. The van der Waals surface area contributed by atoms with Crippen molar-refractivity contribution < 1.29 is 28.6 Å². The standard InChI is InChI=1S/C17H21FN2O5/c1-24-13-4-2-3-12(18)14(13)15(21)19-6-8-20(9-7-19)17(16(22)23)5-10-25-11-17/h2-4H,5-11H2,1H3,(H,22,23). The van der Waals surface area contributed by atoms with Gasteiger partial charge in [-0.25, -0.2) is 4.39 Å². The molecule has 0 saturated carbocycles. The molecular formula is C17H21FN2O5. The lowest BCUT2D eigenvalue weighted by atomic mass is 9.95. The number of carboxylic acids is 1. The Labute approximate surface area is 144 Å². The van der Waals surface area contributed by atoms with Crippen LogP contribution < -0.4 is 4.74 Å². The molecule has 3 rings (SSSR count). The van der Waals surface area contributed by atoms with E-state index in [9.17, 15) is 19.1 Å². The molecule has 1 aromatic carbocycles. The molecule has 8 heteroatoms. The van der Waals surface area contributed by atoms with E-state index >= 15 is 0 Å².